The summed E-state index contributed by atoms with van der Waals surface area (Å²) in [5, 5.41) is 8.88. The Balaban J connectivity index is 3.16. The Morgan fingerprint density at radius 3 is 2.79 bits per heavy atom. The SMILES string of the molecule is CC[C@@H](N)c1cc(OC)ccc1C#N. The molecule has 0 spiro atoms. The molecule has 0 saturated carbocycles. The van der Waals surface area contributed by atoms with Crippen molar-refractivity contribution in [1.29, 1.82) is 5.26 Å². The Bertz CT molecular complexity index is 355. The lowest BCUT2D eigenvalue weighted by molar-refractivity contribution is 0.413. The molecule has 0 aliphatic heterocycles. The highest BCUT2D eigenvalue weighted by molar-refractivity contribution is 5.44. The summed E-state index contributed by atoms with van der Waals surface area (Å²) in [7, 11) is 1.60. The Labute approximate surface area is 84.1 Å². The van der Waals surface area contributed by atoms with Crippen LogP contribution in [0, 0.1) is 11.3 Å². The highest BCUT2D eigenvalue weighted by atomic mass is 16.5. The summed E-state index contributed by atoms with van der Waals surface area (Å²) in [5.74, 6) is 0.739. The van der Waals surface area contributed by atoms with E-state index in [9.17, 15) is 0 Å². The fraction of sp³-hybridized carbons (Fsp3) is 0.364. The lowest BCUT2D eigenvalue weighted by Gasteiger charge is -2.12. The zero-order valence-electron chi connectivity index (χ0n) is 8.45. The van der Waals surface area contributed by atoms with Crippen LogP contribution in [0.15, 0.2) is 18.2 Å². The van der Waals surface area contributed by atoms with Crippen LogP contribution in [0.2, 0.25) is 0 Å². The van der Waals surface area contributed by atoms with Crippen LogP contribution in [0.1, 0.15) is 30.5 Å². The monoisotopic (exact) mass is 190 g/mol. The minimum absolute atomic E-state index is 0.0975. The molecule has 0 radical (unpaired) electrons. The molecule has 74 valence electrons. The molecule has 1 aromatic carbocycles. The van der Waals surface area contributed by atoms with Crippen molar-refractivity contribution >= 4 is 0 Å². The van der Waals surface area contributed by atoms with E-state index in [-0.39, 0.29) is 6.04 Å². The maximum atomic E-state index is 8.88. The number of hydrogen-bond acceptors (Lipinski definition) is 3. The van der Waals surface area contributed by atoms with E-state index in [0.717, 1.165) is 17.7 Å². The third-order valence-electron chi connectivity index (χ3n) is 2.22. The van der Waals surface area contributed by atoms with Crippen LogP contribution in [0.3, 0.4) is 0 Å². The molecular formula is C11H14N2O. The van der Waals surface area contributed by atoms with Crippen LogP contribution in [0.5, 0.6) is 5.75 Å². The van der Waals surface area contributed by atoms with Crippen LogP contribution in [0.4, 0.5) is 0 Å². The summed E-state index contributed by atoms with van der Waals surface area (Å²) in [6.07, 6.45) is 0.807. The standard InChI is InChI=1S/C11H14N2O/c1-3-11(13)10-6-9(14-2)5-4-8(10)7-12/h4-6,11H,3,13H2,1-2H3/t11-/m1/s1. The zero-order valence-corrected chi connectivity index (χ0v) is 8.45. The third-order valence-corrected chi connectivity index (χ3v) is 2.22. The number of ether oxygens (including phenoxy) is 1. The summed E-state index contributed by atoms with van der Waals surface area (Å²) in [6, 6.07) is 7.36. The lowest BCUT2D eigenvalue weighted by Crippen LogP contribution is -2.10. The molecule has 0 saturated heterocycles. The predicted molar refractivity (Wildman–Crippen MR) is 54.9 cm³/mol. The Morgan fingerprint density at radius 2 is 2.29 bits per heavy atom. The summed E-state index contributed by atoms with van der Waals surface area (Å²) >= 11 is 0. The highest BCUT2D eigenvalue weighted by Gasteiger charge is 2.10. The molecular weight excluding hydrogens is 176 g/mol. The van der Waals surface area contributed by atoms with Gasteiger partial charge < -0.3 is 10.5 Å². The molecule has 0 aromatic heterocycles. The van der Waals surface area contributed by atoms with Crippen LogP contribution in [-0.4, -0.2) is 7.11 Å². The summed E-state index contributed by atoms with van der Waals surface area (Å²) in [6.45, 7) is 1.99. The van der Waals surface area contributed by atoms with Crippen LogP contribution in [-0.2, 0) is 0 Å². The van der Waals surface area contributed by atoms with Crippen molar-refractivity contribution in [3.05, 3.63) is 29.3 Å². The van der Waals surface area contributed by atoms with Crippen molar-refractivity contribution in [1.82, 2.24) is 0 Å². The fourth-order valence-electron chi connectivity index (χ4n) is 1.30. The van der Waals surface area contributed by atoms with Gasteiger partial charge >= 0.3 is 0 Å². The van der Waals surface area contributed by atoms with Crippen molar-refractivity contribution in [2.75, 3.05) is 7.11 Å². The number of nitrogens with two attached hydrogens (primary N) is 1. The molecule has 3 nitrogen and oxygen atoms in total. The molecule has 0 fully saturated rings. The van der Waals surface area contributed by atoms with Crippen molar-refractivity contribution in [3.8, 4) is 11.8 Å². The van der Waals surface area contributed by atoms with E-state index in [2.05, 4.69) is 6.07 Å². The molecule has 0 heterocycles. The first kappa shape index (κ1) is 10.6. The molecule has 0 unspecified atom stereocenters. The van der Waals surface area contributed by atoms with Gasteiger partial charge in [-0.05, 0) is 30.2 Å². The van der Waals surface area contributed by atoms with Gasteiger partial charge in [0.15, 0.2) is 0 Å². The minimum Gasteiger partial charge on any atom is -0.497 e. The van der Waals surface area contributed by atoms with Gasteiger partial charge in [-0.1, -0.05) is 6.92 Å². The summed E-state index contributed by atoms with van der Waals surface area (Å²) in [5.41, 5.74) is 7.37. The van der Waals surface area contributed by atoms with E-state index < -0.39 is 0 Å². The summed E-state index contributed by atoms with van der Waals surface area (Å²) < 4.78 is 5.08. The second-order valence-electron chi connectivity index (χ2n) is 3.08. The Kier molecular flexibility index (Phi) is 3.49. The quantitative estimate of drug-likeness (QED) is 0.792. The molecule has 0 amide bonds. The van der Waals surface area contributed by atoms with E-state index in [4.69, 9.17) is 15.7 Å². The lowest BCUT2D eigenvalue weighted by atomic mass is 9.99. The van der Waals surface area contributed by atoms with Gasteiger partial charge in [0.2, 0.25) is 0 Å². The smallest absolute Gasteiger partial charge is 0.119 e. The number of rotatable bonds is 3. The van der Waals surface area contributed by atoms with E-state index in [1.54, 1.807) is 19.2 Å². The van der Waals surface area contributed by atoms with Crippen LogP contribution in [0.25, 0.3) is 0 Å². The number of hydrogen-bond donors (Lipinski definition) is 1. The van der Waals surface area contributed by atoms with Gasteiger partial charge in [0.25, 0.3) is 0 Å². The molecule has 0 aliphatic carbocycles. The van der Waals surface area contributed by atoms with Crippen molar-refractivity contribution in [3.63, 3.8) is 0 Å². The van der Waals surface area contributed by atoms with Gasteiger partial charge in [0.05, 0.1) is 18.7 Å². The maximum Gasteiger partial charge on any atom is 0.119 e. The fourth-order valence-corrected chi connectivity index (χ4v) is 1.30. The van der Waals surface area contributed by atoms with E-state index in [0.29, 0.717) is 5.56 Å². The maximum absolute atomic E-state index is 8.88. The van der Waals surface area contributed by atoms with Gasteiger partial charge in [0, 0.05) is 6.04 Å². The van der Waals surface area contributed by atoms with Crippen molar-refractivity contribution in [2.24, 2.45) is 5.73 Å². The molecule has 14 heavy (non-hydrogen) atoms. The average Bonchev–Trinajstić information content (AvgIpc) is 2.27. The number of nitriles is 1. The summed E-state index contributed by atoms with van der Waals surface area (Å²) in [4.78, 5) is 0. The van der Waals surface area contributed by atoms with E-state index in [1.807, 2.05) is 13.0 Å². The minimum atomic E-state index is -0.0975. The van der Waals surface area contributed by atoms with Crippen molar-refractivity contribution in [2.45, 2.75) is 19.4 Å². The zero-order chi connectivity index (χ0) is 10.6. The van der Waals surface area contributed by atoms with E-state index in [1.165, 1.54) is 0 Å². The normalized spacial score (nSPS) is 11.9. The van der Waals surface area contributed by atoms with Gasteiger partial charge in [-0.3, -0.25) is 0 Å². The van der Waals surface area contributed by atoms with Gasteiger partial charge in [-0.25, -0.2) is 0 Å². The predicted octanol–water partition coefficient (Wildman–Crippen LogP) is 1.98. The largest absolute Gasteiger partial charge is 0.497 e. The van der Waals surface area contributed by atoms with Crippen LogP contribution >= 0.6 is 0 Å². The van der Waals surface area contributed by atoms with Crippen LogP contribution < -0.4 is 10.5 Å². The topological polar surface area (TPSA) is 59.0 Å². The molecule has 2 N–H and O–H groups in total. The first-order chi connectivity index (χ1) is 6.72. The van der Waals surface area contributed by atoms with E-state index >= 15 is 0 Å². The second kappa shape index (κ2) is 4.64. The third kappa shape index (κ3) is 2.04. The second-order valence-corrected chi connectivity index (χ2v) is 3.08. The number of nitrogens with zero attached hydrogens (tertiary/aromatic N) is 1. The van der Waals surface area contributed by atoms with Crippen molar-refractivity contribution < 1.29 is 4.74 Å². The average molecular weight is 190 g/mol. The number of benzene rings is 1. The molecule has 1 rings (SSSR count). The Morgan fingerprint density at radius 1 is 1.57 bits per heavy atom. The molecule has 1 aromatic rings. The number of methoxy groups -OCH3 is 1. The van der Waals surface area contributed by atoms with Gasteiger partial charge in [0.1, 0.15) is 5.75 Å². The molecule has 0 bridgehead atoms. The molecule has 1 atom stereocenters. The first-order valence-electron chi connectivity index (χ1n) is 4.56. The highest BCUT2D eigenvalue weighted by Crippen LogP contribution is 2.23. The van der Waals surface area contributed by atoms with Gasteiger partial charge in [-0.15, -0.1) is 0 Å². The molecule has 3 heteroatoms. The molecule has 0 aliphatic rings. The first-order valence-corrected chi connectivity index (χ1v) is 4.56. The Hall–Kier alpha value is -1.53. The van der Waals surface area contributed by atoms with Gasteiger partial charge in [-0.2, -0.15) is 5.26 Å².